The molecule has 1 aromatic carbocycles. The summed E-state index contributed by atoms with van der Waals surface area (Å²) in [6.45, 7) is 13.6. The van der Waals surface area contributed by atoms with Crippen molar-refractivity contribution in [3.8, 4) is 0 Å². The highest BCUT2D eigenvalue weighted by Crippen LogP contribution is 2.21. The number of nitrogens with two attached hydrogens (primary N) is 2. The van der Waals surface area contributed by atoms with E-state index in [-0.39, 0.29) is 110 Å². The zero-order valence-electron chi connectivity index (χ0n) is 57.7. The van der Waals surface area contributed by atoms with Crippen LogP contribution in [0.2, 0.25) is 0 Å². The van der Waals surface area contributed by atoms with Crippen LogP contribution >= 0.6 is 11.3 Å². The van der Waals surface area contributed by atoms with Gasteiger partial charge in [0.15, 0.2) is 10.8 Å². The van der Waals surface area contributed by atoms with Crippen molar-refractivity contribution in [3.05, 3.63) is 70.2 Å². The second-order valence-electron chi connectivity index (χ2n) is 25.4. The Morgan fingerprint density at radius 3 is 1.85 bits per heavy atom. The predicted octanol–water partition coefficient (Wildman–Crippen LogP) is -0.566. The molecule has 4 rings (SSSR count). The first-order valence-corrected chi connectivity index (χ1v) is 34.5. The number of rotatable bonds is 31. The van der Waals surface area contributed by atoms with E-state index in [9.17, 15) is 82.1 Å². The molecule has 33 nitrogen and oxygen atoms in total. The van der Waals surface area contributed by atoms with Crippen molar-refractivity contribution in [2.45, 2.75) is 212 Å². The monoisotopic (exact) mass is 1420 g/mol. The third kappa shape index (κ3) is 27.2. The molecule has 1 saturated heterocycles. The van der Waals surface area contributed by atoms with Crippen molar-refractivity contribution in [2.75, 3.05) is 13.1 Å². The summed E-state index contributed by atoms with van der Waals surface area (Å²) >= 11 is 0.839. The van der Waals surface area contributed by atoms with Gasteiger partial charge in [0.1, 0.15) is 60.4 Å². The molecule has 0 spiro atoms. The molecule has 1 unspecified atom stereocenters. The number of aliphatic carboxylic acids is 2. The lowest BCUT2D eigenvalue weighted by Crippen LogP contribution is -2.62. The molecule has 1 aliphatic rings. The van der Waals surface area contributed by atoms with Crippen LogP contribution in [0.5, 0.6) is 0 Å². The molecule has 1 fully saturated rings. The van der Waals surface area contributed by atoms with Gasteiger partial charge in [0.25, 0.3) is 5.91 Å². The van der Waals surface area contributed by atoms with Crippen LogP contribution in [-0.2, 0) is 75.2 Å². The van der Waals surface area contributed by atoms with Gasteiger partial charge in [-0.25, -0.2) is 9.97 Å². The van der Waals surface area contributed by atoms with Crippen LogP contribution in [0.1, 0.15) is 170 Å². The van der Waals surface area contributed by atoms with E-state index >= 15 is 0 Å². The van der Waals surface area contributed by atoms with E-state index in [2.05, 4.69) is 73.4 Å². The number of aromatic nitrogens is 3. The van der Waals surface area contributed by atoms with Crippen molar-refractivity contribution >= 4 is 99.9 Å². The zero-order chi connectivity index (χ0) is 74.3. The Balaban J connectivity index is 1.78. The topological polar surface area (TPSA) is 522 Å². The second kappa shape index (κ2) is 41.6. The van der Waals surface area contributed by atoms with E-state index < -0.39 is 181 Å². The Bertz CT molecular complexity index is 3310. The van der Waals surface area contributed by atoms with Gasteiger partial charge in [-0.15, -0.1) is 11.3 Å². The minimum atomic E-state index is -1.95. The number of carboxylic acids is 2. The fourth-order valence-electron chi connectivity index (χ4n) is 10.5. The van der Waals surface area contributed by atoms with Crippen LogP contribution < -0.4 is 70.0 Å². The molecule has 13 atom stereocenters. The van der Waals surface area contributed by atoms with Gasteiger partial charge in [0.2, 0.25) is 65.0 Å². The van der Waals surface area contributed by atoms with Crippen LogP contribution in [0.3, 0.4) is 0 Å². The number of nitrogens with one attached hydrogen (secondary N) is 12. The number of amides is 12. The number of primary amides is 1. The normalized spacial score (nSPS) is 21.3. The van der Waals surface area contributed by atoms with Crippen LogP contribution in [-0.4, -0.2) is 187 Å². The van der Waals surface area contributed by atoms with Gasteiger partial charge in [-0.3, -0.25) is 71.9 Å². The molecule has 0 bridgehead atoms. The van der Waals surface area contributed by atoms with E-state index in [1.807, 2.05) is 6.92 Å². The maximum Gasteiger partial charge on any atom is 0.305 e. The van der Waals surface area contributed by atoms with Gasteiger partial charge in [-0.05, 0) is 81.2 Å². The summed E-state index contributed by atoms with van der Waals surface area (Å²) in [5.41, 5.74) is 12.3. The fraction of sp³-hybridized carbons (Fsp3) is 0.591. The lowest BCUT2D eigenvalue weighted by Gasteiger charge is -2.30. The number of imidazole rings is 1. The number of hydrogen-bond donors (Lipinski definition) is 16. The Labute approximate surface area is 583 Å². The summed E-state index contributed by atoms with van der Waals surface area (Å²) in [7, 11) is 0. The smallest absolute Gasteiger partial charge is 0.305 e. The molecule has 2 aromatic heterocycles. The first-order chi connectivity index (χ1) is 47.4. The number of benzene rings is 1. The fourth-order valence-corrected chi connectivity index (χ4v) is 11.4. The van der Waals surface area contributed by atoms with Crippen molar-refractivity contribution in [2.24, 2.45) is 35.1 Å². The number of carbonyl (C=O) groups is 15. The summed E-state index contributed by atoms with van der Waals surface area (Å²) in [5.74, 6) is -16.8. The molecule has 18 N–H and O–H groups in total. The molecule has 3 heterocycles. The minimum absolute atomic E-state index is 0.00927. The van der Waals surface area contributed by atoms with Gasteiger partial charge >= 0.3 is 11.9 Å². The first-order valence-electron chi connectivity index (χ1n) is 33.6. The van der Waals surface area contributed by atoms with Gasteiger partial charge in [-0.1, -0.05) is 98.6 Å². The van der Waals surface area contributed by atoms with E-state index in [1.54, 1.807) is 78.8 Å². The Kier molecular flexibility index (Phi) is 34.4. The summed E-state index contributed by atoms with van der Waals surface area (Å²) in [4.78, 5) is 219. The van der Waals surface area contributed by atoms with Gasteiger partial charge in [-0.2, -0.15) is 0 Å². The Hall–Kier alpha value is -9.73. The third-order valence-corrected chi connectivity index (χ3v) is 18.0. The molecule has 34 heteroatoms. The highest BCUT2D eigenvalue weighted by atomic mass is 32.1. The largest absolute Gasteiger partial charge is 0.481 e. The number of nitrogens with zero attached hydrogens (tertiary/aromatic N) is 2. The zero-order valence-corrected chi connectivity index (χ0v) is 58.5. The number of carbonyl (C=O) groups excluding carboxylic acids is 13. The van der Waals surface area contributed by atoms with Gasteiger partial charge in [0, 0.05) is 49.8 Å². The predicted molar refractivity (Wildman–Crippen MR) is 363 cm³/mol. The van der Waals surface area contributed by atoms with Crippen molar-refractivity contribution in [3.63, 3.8) is 0 Å². The van der Waals surface area contributed by atoms with E-state index in [0.717, 1.165) is 11.3 Å². The third-order valence-electron chi connectivity index (χ3n) is 17.0. The number of ketones is 1. The number of Topliss-reactive ketones (excluding diaryl/α,β-unsaturated/α-hetero) is 1. The number of carboxylic acid groups (broad SMARTS) is 2. The molecule has 0 radical (unpaired) electrons. The lowest BCUT2D eigenvalue weighted by molar-refractivity contribution is -0.142. The van der Waals surface area contributed by atoms with Crippen LogP contribution in [0.15, 0.2) is 49.1 Å². The molecular formula is C66H98N16O17S. The van der Waals surface area contributed by atoms with Crippen LogP contribution in [0, 0.1) is 23.7 Å². The van der Waals surface area contributed by atoms with E-state index in [0.29, 0.717) is 12.0 Å². The minimum Gasteiger partial charge on any atom is -0.481 e. The number of aromatic amines is 1. The van der Waals surface area contributed by atoms with E-state index in [1.165, 1.54) is 18.7 Å². The van der Waals surface area contributed by atoms with E-state index in [4.69, 9.17) is 11.5 Å². The molecule has 100 heavy (non-hydrogen) atoms. The standard InChI is InChI=1S/C66H98N16O17S/c1-9-35(6)52(82-58(92)42(22-23-50(84)85)74-59(93)43(26-34(4)5)80-65(99)66-71-32-48(100-66)54(88)37(8)11-3)63(97)75-40-20-15-16-25-70-55(89)46(29-49(68)83)77-62(96)47(30-51(86)87)78-61(95)45(28-39-31-69-33-72-39)76-60(94)44(27-38-18-13-12-14-19-38)79-64(98)53(36(7)10-2)81-57(91)41(21-17-24-67)73-56(40)90/h12-14,18-19,31-37,40-47,52-53H,9-11,15-17,20-30,67H2,1-8H3,(H2,68,83)(H,69,72)(H,70,89)(H,73,90)(H,74,93)(H,75,97)(H,76,94)(H,77,96)(H,78,95)(H,79,98)(H,80,99)(H,81,91)(H,82,92)(H,84,85)(H,86,87)/t35-,36-,37?,40-,41+,42+,43-,44+,45-,46-,47+,52-,53-/m0/s1. The number of thiazole rings is 1. The molecule has 3 aromatic rings. The summed E-state index contributed by atoms with van der Waals surface area (Å²) in [6, 6.07) is -7.32. The SMILES string of the molecule is CCC(C)C(=O)c1cnc(C(=O)N[C@@H](CC(C)C)C(=O)N[C@H](CCC(=O)O)C(=O)N[C@H](C(=O)N[C@H]2CCCCNC(=O)[C@H](CC(N)=O)NC(=O)[C@@H](CC(=O)O)NC(=O)[C@H](Cc3cnc[nH]3)NC(=O)[C@@H](Cc3ccccc3)NC(=O)[C@H]([C@@H](C)CC)NC(=O)[C@@H](CCCN)NC2=O)[C@@H](C)CC)s1. The highest BCUT2D eigenvalue weighted by Gasteiger charge is 2.39. The summed E-state index contributed by atoms with van der Waals surface area (Å²) in [5, 5.41) is 48.0. The first kappa shape index (κ1) is 82.7. The van der Waals surface area contributed by atoms with Crippen molar-refractivity contribution < 1.29 is 82.1 Å². The average Bonchev–Trinajstić information content (AvgIpc) is 1.28. The van der Waals surface area contributed by atoms with Crippen LogP contribution in [0.4, 0.5) is 0 Å². The molecule has 0 saturated carbocycles. The molecule has 12 amide bonds. The van der Waals surface area contributed by atoms with Gasteiger partial charge < -0.3 is 85.1 Å². The summed E-state index contributed by atoms with van der Waals surface area (Å²) < 4.78 is 0. The highest BCUT2D eigenvalue weighted by molar-refractivity contribution is 7.15. The maximum absolute atomic E-state index is 14.9. The van der Waals surface area contributed by atoms with Gasteiger partial charge in [0.05, 0.1) is 24.0 Å². The number of H-pyrrole nitrogens is 1. The van der Waals surface area contributed by atoms with Crippen LogP contribution in [0.25, 0.3) is 0 Å². The second-order valence-corrected chi connectivity index (χ2v) is 26.5. The molecular weight excluding hydrogens is 1320 g/mol. The summed E-state index contributed by atoms with van der Waals surface area (Å²) in [6.07, 6.45) is 1.16. The Morgan fingerprint density at radius 2 is 1.26 bits per heavy atom. The average molecular weight is 1420 g/mol. The van der Waals surface area contributed by atoms with Crippen molar-refractivity contribution in [1.82, 2.24) is 73.4 Å². The molecule has 1 aliphatic heterocycles. The lowest BCUT2D eigenvalue weighted by atomic mass is 9.96. The molecule has 0 aliphatic carbocycles. The quantitative estimate of drug-likeness (QED) is 0.0359. The number of hydrogen-bond acceptors (Lipinski definition) is 19. The van der Waals surface area contributed by atoms with Crippen molar-refractivity contribution in [1.29, 1.82) is 0 Å². The Morgan fingerprint density at radius 1 is 0.650 bits per heavy atom. The maximum atomic E-state index is 14.9. The molecule has 550 valence electrons.